The number of rotatable bonds is 5. The first kappa shape index (κ1) is 16.0. The molecule has 0 aliphatic heterocycles. The van der Waals surface area contributed by atoms with Crippen LogP contribution in [-0.4, -0.2) is 30.1 Å². The first-order valence-electron chi connectivity index (χ1n) is 8.56. The molecule has 23 heavy (non-hydrogen) atoms. The Morgan fingerprint density at radius 3 is 2.22 bits per heavy atom. The monoisotopic (exact) mass is 395 g/mol. The zero-order valence-corrected chi connectivity index (χ0v) is 16.3. The summed E-state index contributed by atoms with van der Waals surface area (Å²) >= 11 is -0.725. The fourth-order valence-electron chi connectivity index (χ4n) is 5.61. The molecule has 1 radical (unpaired) electrons. The van der Waals surface area contributed by atoms with Gasteiger partial charge in [-0.25, -0.2) is 0 Å². The minimum atomic E-state index is -3.18. The van der Waals surface area contributed by atoms with Gasteiger partial charge in [0.1, 0.15) is 0 Å². The summed E-state index contributed by atoms with van der Waals surface area (Å²) in [6.45, 7) is 0. The van der Waals surface area contributed by atoms with E-state index in [1.165, 1.54) is 38.5 Å². The molecule has 0 aromatic heterocycles. The van der Waals surface area contributed by atoms with E-state index in [1.807, 2.05) is 6.07 Å². The van der Waals surface area contributed by atoms with E-state index in [0.717, 1.165) is 23.0 Å². The Morgan fingerprint density at radius 2 is 1.65 bits per heavy atom. The average Bonchev–Trinajstić information content (AvgIpc) is 2.52. The van der Waals surface area contributed by atoms with Crippen molar-refractivity contribution >= 4 is 22.7 Å². The molecule has 0 N–H and O–H groups in total. The van der Waals surface area contributed by atoms with Gasteiger partial charge in [0, 0.05) is 0 Å². The van der Waals surface area contributed by atoms with Crippen LogP contribution in [0.15, 0.2) is 29.2 Å². The van der Waals surface area contributed by atoms with E-state index in [1.54, 1.807) is 25.3 Å². The van der Waals surface area contributed by atoms with Crippen LogP contribution in [0.2, 0.25) is 5.21 Å². The van der Waals surface area contributed by atoms with Crippen molar-refractivity contribution in [3.8, 4) is 5.75 Å². The van der Waals surface area contributed by atoms with E-state index < -0.39 is 22.7 Å². The fourth-order valence-corrected chi connectivity index (χ4v) is 12.3. The van der Waals surface area contributed by atoms with Gasteiger partial charge in [-0.3, -0.25) is 0 Å². The predicted octanol–water partition coefficient (Wildman–Crippen LogP) is 3.72. The second-order valence-corrected chi connectivity index (χ2v) is 14.8. The van der Waals surface area contributed by atoms with Crippen LogP contribution in [0.5, 0.6) is 5.75 Å². The molecular formula is C18H24AsO3S. The van der Waals surface area contributed by atoms with Crippen LogP contribution >= 0.6 is 0 Å². The van der Waals surface area contributed by atoms with Crippen LogP contribution < -0.4 is 4.74 Å². The molecule has 4 aliphatic rings. The van der Waals surface area contributed by atoms with Crippen molar-refractivity contribution in [3.05, 3.63) is 24.3 Å². The van der Waals surface area contributed by atoms with Gasteiger partial charge < -0.3 is 0 Å². The Bertz CT molecular complexity index is 663. The standard InChI is InChI=1S/C18H24AsO3S/c1-22-16-4-2-3-5-17(16)23(20,21)19-12-18-9-13-6-14(10-18)8-15(7-13)11-18/h2-5,13-15H,6-12H2,1H3. The maximum atomic E-state index is 12.9. The van der Waals surface area contributed by atoms with Gasteiger partial charge in [0.25, 0.3) is 0 Å². The van der Waals surface area contributed by atoms with Crippen molar-refractivity contribution in [3.63, 3.8) is 0 Å². The van der Waals surface area contributed by atoms with Gasteiger partial charge in [0.2, 0.25) is 0 Å². The molecule has 4 saturated carbocycles. The Hall–Kier alpha value is -0.472. The Labute approximate surface area is 144 Å². The Morgan fingerprint density at radius 1 is 1.09 bits per heavy atom. The number of benzene rings is 1. The quantitative estimate of drug-likeness (QED) is 0.714. The molecule has 1 aromatic rings. The maximum absolute atomic E-state index is 12.9. The number of ether oxygens (including phenoxy) is 1. The minimum absolute atomic E-state index is 0.351. The second-order valence-electron chi connectivity index (χ2n) is 7.83. The van der Waals surface area contributed by atoms with E-state index in [2.05, 4.69) is 0 Å². The molecule has 125 valence electrons. The summed E-state index contributed by atoms with van der Waals surface area (Å²) in [6, 6.07) is 7.07. The third-order valence-corrected chi connectivity index (χ3v) is 13.0. The molecule has 0 amide bonds. The molecular weight excluding hydrogens is 371 g/mol. The molecule has 4 fully saturated rings. The number of para-hydroxylation sites is 1. The second kappa shape index (κ2) is 5.81. The van der Waals surface area contributed by atoms with Crippen LogP contribution in [0.1, 0.15) is 38.5 Å². The topological polar surface area (TPSA) is 43.4 Å². The van der Waals surface area contributed by atoms with Crippen molar-refractivity contribution in [2.75, 3.05) is 7.11 Å². The summed E-state index contributed by atoms with van der Waals surface area (Å²) in [6.07, 6.45) is 8.10. The first-order chi connectivity index (χ1) is 11.0. The third kappa shape index (κ3) is 2.98. The molecule has 0 heterocycles. The van der Waals surface area contributed by atoms with Crippen LogP contribution in [0, 0.1) is 23.2 Å². The van der Waals surface area contributed by atoms with Gasteiger partial charge >= 0.3 is 145 Å². The number of hydrogen-bond donors (Lipinski definition) is 0. The normalized spacial score (nSPS) is 36.0. The molecule has 4 bridgehead atoms. The zero-order chi connectivity index (χ0) is 16.1. The molecule has 0 spiro atoms. The van der Waals surface area contributed by atoms with Gasteiger partial charge in [-0.05, 0) is 0 Å². The van der Waals surface area contributed by atoms with E-state index in [9.17, 15) is 8.42 Å². The van der Waals surface area contributed by atoms with Gasteiger partial charge in [0.05, 0.1) is 0 Å². The van der Waals surface area contributed by atoms with E-state index in [4.69, 9.17) is 4.74 Å². The van der Waals surface area contributed by atoms with Crippen molar-refractivity contribution < 1.29 is 13.2 Å². The van der Waals surface area contributed by atoms with Crippen molar-refractivity contribution in [2.45, 2.75) is 48.6 Å². The van der Waals surface area contributed by atoms with Gasteiger partial charge in [-0.15, -0.1) is 0 Å². The van der Waals surface area contributed by atoms with E-state index in [0.29, 0.717) is 16.1 Å². The average molecular weight is 395 g/mol. The SMILES string of the molecule is COc1ccccc1S(=O)(=O)[As]CC12CC3CC(CC(C3)C1)C2. The summed E-state index contributed by atoms with van der Waals surface area (Å²) < 4.78 is 31.0. The molecule has 5 heteroatoms. The molecule has 0 atom stereocenters. The first-order valence-corrected chi connectivity index (χ1v) is 13.6. The fraction of sp³-hybridized carbons (Fsp3) is 0.667. The number of hydrogen-bond acceptors (Lipinski definition) is 3. The zero-order valence-electron chi connectivity index (χ0n) is 13.6. The van der Waals surface area contributed by atoms with Gasteiger partial charge in [-0.1, -0.05) is 0 Å². The third-order valence-electron chi connectivity index (χ3n) is 6.08. The molecule has 1 aromatic carbocycles. The van der Waals surface area contributed by atoms with Crippen LogP contribution in [0.25, 0.3) is 0 Å². The molecule has 0 unspecified atom stereocenters. The van der Waals surface area contributed by atoms with Crippen molar-refractivity contribution in [1.82, 2.24) is 0 Å². The summed E-state index contributed by atoms with van der Waals surface area (Å²) in [5.74, 6) is 3.15. The van der Waals surface area contributed by atoms with Crippen LogP contribution in [0.3, 0.4) is 0 Å². The van der Waals surface area contributed by atoms with Crippen LogP contribution in [0.4, 0.5) is 0 Å². The summed E-state index contributed by atoms with van der Waals surface area (Å²) in [5, 5.41) is 0.924. The molecule has 4 aliphatic carbocycles. The van der Waals surface area contributed by atoms with Crippen molar-refractivity contribution in [2.24, 2.45) is 23.2 Å². The Balaban J connectivity index is 1.52. The molecule has 0 saturated heterocycles. The predicted molar refractivity (Wildman–Crippen MR) is 91.3 cm³/mol. The van der Waals surface area contributed by atoms with Crippen molar-refractivity contribution in [1.29, 1.82) is 0 Å². The van der Waals surface area contributed by atoms with Gasteiger partial charge in [0.15, 0.2) is 0 Å². The summed E-state index contributed by atoms with van der Waals surface area (Å²) in [5.41, 5.74) is 0.351. The van der Waals surface area contributed by atoms with E-state index >= 15 is 0 Å². The Kier molecular flexibility index (Phi) is 4.04. The molecule has 3 nitrogen and oxygen atoms in total. The molecule has 5 rings (SSSR count). The number of methoxy groups -OCH3 is 1. The summed E-state index contributed by atoms with van der Waals surface area (Å²) in [4.78, 5) is 0.396. The summed E-state index contributed by atoms with van der Waals surface area (Å²) in [7, 11) is -1.63. The van der Waals surface area contributed by atoms with E-state index in [-0.39, 0.29) is 0 Å². The van der Waals surface area contributed by atoms with Gasteiger partial charge in [-0.2, -0.15) is 0 Å². The van der Waals surface area contributed by atoms with Crippen LogP contribution in [-0.2, 0) is 8.10 Å².